The fourth-order valence-corrected chi connectivity index (χ4v) is 3.71. The van der Waals surface area contributed by atoms with E-state index in [4.69, 9.17) is 11.6 Å². The Labute approximate surface area is 123 Å². The molecule has 1 heterocycles. The highest BCUT2D eigenvalue weighted by molar-refractivity contribution is 7.07. The molecular weight excluding hydrogens is 274 g/mol. The smallest absolute Gasteiger partial charge is 0.0408 e. The molecule has 1 aromatic heterocycles. The summed E-state index contributed by atoms with van der Waals surface area (Å²) >= 11 is 7.81. The average Bonchev–Trinajstić information content (AvgIpc) is 2.86. The van der Waals surface area contributed by atoms with Crippen LogP contribution in [0, 0.1) is 0 Å². The zero-order chi connectivity index (χ0) is 13.2. The van der Waals surface area contributed by atoms with E-state index in [1.54, 1.807) is 11.3 Å². The zero-order valence-corrected chi connectivity index (χ0v) is 12.5. The van der Waals surface area contributed by atoms with Crippen molar-refractivity contribution in [2.75, 3.05) is 0 Å². The molecule has 0 aliphatic heterocycles. The van der Waals surface area contributed by atoms with Crippen LogP contribution in [-0.2, 0) is 0 Å². The second kappa shape index (κ2) is 5.66. The van der Waals surface area contributed by atoms with Crippen molar-refractivity contribution >= 4 is 22.9 Å². The molecule has 1 atom stereocenters. The molecule has 100 valence electrons. The van der Waals surface area contributed by atoms with Crippen LogP contribution in [0.15, 0.2) is 41.1 Å². The van der Waals surface area contributed by atoms with Gasteiger partial charge in [0.15, 0.2) is 0 Å². The van der Waals surface area contributed by atoms with Gasteiger partial charge < -0.3 is 5.32 Å². The van der Waals surface area contributed by atoms with Gasteiger partial charge in [0, 0.05) is 17.1 Å². The summed E-state index contributed by atoms with van der Waals surface area (Å²) in [4.78, 5) is 0. The lowest BCUT2D eigenvalue weighted by Gasteiger charge is -2.38. The Morgan fingerprint density at radius 3 is 2.84 bits per heavy atom. The number of rotatable bonds is 4. The van der Waals surface area contributed by atoms with Gasteiger partial charge in [0.2, 0.25) is 0 Å². The first-order chi connectivity index (χ1) is 9.22. The molecule has 0 saturated heterocycles. The molecule has 3 heteroatoms. The Kier molecular flexibility index (Phi) is 3.92. The standard InChI is InChI=1S/C16H18ClNS/c1-11(13-5-6-19-10-13)18-16-8-14(9-16)12-3-2-4-15(17)7-12/h2-7,10-11,14,16,18H,8-9H2,1H3. The van der Waals surface area contributed by atoms with Gasteiger partial charge in [-0.25, -0.2) is 0 Å². The van der Waals surface area contributed by atoms with Crippen molar-refractivity contribution in [1.82, 2.24) is 5.32 Å². The largest absolute Gasteiger partial charge is 0.307 e. The topological polar surface area (TPSA) is 12.0 Å². The molecule has 0 bridgehead atoms. The molecular formula is C16H18ClNS. The second-order valence-electron chi connectivity index (χ2n) is 5.37. The van der Waals surface area contributed by atoms with Crippen molar-refractivity contribution in [2.24, 2.45) is 0 Å². The monoisotopic (exact) mass is 291 g/mol. The molecule has 1 aromatic carbocycles. The predicted molar refractivity (Wildman–Crippen MR) is 83.1 cm³/mol. The summed E-state index contributed by atoms with van der Waals surface area (Å²) in [6.07, 6.45) is 2.43. The number of nitrogens with one attached hydrogen (secondary N) is 1. The van der Waals surface area contributed by atoms with Crippen molar-refractivity contribution in [2.45, 2.75) is 37.8 Å². The van der Waals surface area contributed by atoms with Crippen LogP contribution in [0.1, 0.15) is 42.9 Å². The quantitative estimate of drug-likeness (QED) is 0.836. The normalized spacial score (nSPS) is 23.9. The van der Waals surface area contributed by atoms with Crippen molar-refractivity contribution in [3.05, 3.63) is 57.2 Å². The lowest BCUT2D eigenvalue weighted by Crippen LogP contribution is -2.41. The minimum atomic E-state index is 0.455. The van der Waals surface area contributed by atoms with Crippen LogP contribution in [0.3, 0.4) is 0 Å². The van der Waals surface area contributed by atoms with E-state index < -0.39 is 0 Å². The summed E-state index contributed by atoms with van der Waals surface area (Å²) in [5.41, 5.74) is 2.78. The van der Waals surface area contributed by atoms with Crippen LogP contribution < -0.4 is 5.32 Å². The van der Waals surface area contributed by atoms with Gasteiger partial charge in [-0.05, 0) is 65.8 Å². The average molecular weight is 292 g/mol. The van der Waals surface area contributed by atoms with E-state index in [1.165, 1.54) is 24.0 Å². The number of thiophene rings is 1. The Morgan fingerprint density at radius 1 is 1.32 bits per heavy atom. The summed E-state index contributed by atoms with van der Waals surface area (Å²) in [6.45, 7) is 2.24. The predicted octanol–water partition coefficient (Wildman–Crippen LogP) is 5.00. The van der Waals surface area contributed by atoms with Crippen LogP contribution in [0.4, 0.5) is 0 Å². The molecule has 0 spiro atoms. The van der Waals surface area contributed by atoms with E-state index in [2.05, 4.69) is 41.2 Å². The number of benzene rings is 1. The minimum Gasteiger partial charge on any atom is -0.307 e. The second-order valence-corrected chi connectivity index (χ2v) is 6.58. The Bertz CT molecular complexity index is 531. The van der Waals surface area contributed by atoms with Gasteiger partial charge in [0.1, 0.15) is 0 Å². The van der Waals surface area contributed by atoms with Crippen LogP contribution >= 0.6 is 22.9 Å². The van der Waals surface area contributed by atoms with Crippen molar-refractivity contribution in [3.63, 3.8) is 0 Å². The molecule has 19 heavy (non-hydrogen) atoms. The lowest BCUT2D eigenvalue weighted by atomic mass is 9.75. The van der Waals surface area contributed by atoms with E-state index in [0.29, 0.717) is 18.0 Å². The third-order valence-electron chi connectivity index (χ3n) is 3.99. The first-order valence-corrected chi connectivity index (χ1v) is 8.08. The Morgan fingerprint density at radius 2 is 2.16 bits per heavy atom. The summed E-state index contributed by atoms with van der Waals surface area (Å²) in [6, 6.07) is 11.6. The van der Waals surface area contributed by atoms with Crippen molar-refractivity contribution in [3.8, 4) is 0 Å². The highest BCUT2D eigenvalue weighted by atomic mass is 35.5. The summed E-state index contributed by atoms with van der Waals surface area (Å²) in [5, 5.41) is 8.92. The third kappa shape index (κ3) is 3.02. The van der Waals surface area contributed by atoms with Crippen LogP contribution in [0.5, 0.6) is 0 Å². The van der Waals surface area contributed by atoms with Gasteiger partial charge >= 0.3 is 0 Å². The minimum absolute atomic E-state index is 0.455. The van der Waals surface area contributed by atoms with Crippen LogP contribution in [0.2, 0.25) is 5.02 Å². The van der Waals surface area contributed by atoms with E-state index in [9.17, 15) is 0 Å². The van der Waals surface area contributed by atoms with Crippen LogP contribution in [-0.4, -0.2) is 6.04 Å². The fourth-order valence-electron chi connectivity index (χ4n) is 2.76. The maximum absolute atomic E-state index is 6.04. The molecule has 1 fully saturated rings. The van der Waals surface area contributed by atoms with E-state index in [0.717, 1.165) is 5.02 Å². The molecule has 1 aliphatic rings. The van der Waals surface area contributed by atoms with Gasteiger partial charge in [0.25, 0.3) is 0 Å². The summed E-state index contributed by atoms with van der Waals surface area (Å²) in [5.74, 6) is 0.672. The summed E-state index contributed by atoms with van der Waals surface area (Å²) < 4.78 is 0. The Hall–Kier alpha value is -0.830. The first-order valence-electron chi connectivity index (χ1n) is 6.76. The SMILES string of the molecule is CC(NC1CC(c2cccc(Cl)c2)C1)c1ccsc1. The molecule has 0 amide bonds. The van der Waals surface area contributed by atoms with Gasteiger partial charge in [-0.15, -0.1) is 0 Å². The molecule has 1 unspecified atom stereocenters. The summed E-state index contributed by atoms with van der Waals surface area (Å²) in [7, 11) is 0. The molecule has 0 radical (unpaired) electrons. The van der Waals surface area contributed by atoms with Crippen LogP contribution in [0.25, 0.3) is 0 Å². The Balaban J connectivity index is 1.53. The zero-order valence-electron chi connectivity index (χ0n) is 11.0. The van der Waals surface area contributed by atoms with E-state index >= 15 is 0 Å². The van der Waals surface area contributed by atoms with E-state index in [1.807, 2.05) is 12.1 Å². The lowest BCUT2D eigenvalue weighted by molar-refractivity contribution is 0.271. The molecule has 3 rings (SSSR count). The highest BCUT2D eigenvalue weighted by Gasteiger charge is 2.31. The van der Waals surface area contributed by atoms with Crippen molar-refractivity contribution < 1.29 is 0 Å². The molecule has 1 N–H and O–H groups in total. The maximum atomic E-state index is 6.04. The fraction of sp³-hybridized carbons (Fsp3) is 0.375. The van der Waals surface area contributed by atoms with Gasteiger partial charge in [-0.3, -0.25) is 0 Å². The maximum Gasteiger partial charge on any atom is 0.0408 e. The van der Waals surface area contributed by atoms with Gasteiger partial charge in [-0.1, -0.05) is 23.7 Å². The molecule has 1 nitrogen and oxygen atoms in total. The number of hydrogen-bond acceptors (Lipinski definition) is 2. The van der Waals surface area contributed by atoms with Crippen molar-refractivity contribution in [1.29, 1.82) is 0 Å². The molecule has 1 aliphatic carbocycles. The molecule has 2 aromatic rings. The third-order valence-corrected chi connectivity index (χ3v) is 4.92. The van der Waals surface area contributed by atoms with Gasteiger partial charge in [-0.2, -0.15) is 11.3 Å². The first kappa shape index (κ1) is 13.2. The highest BCUT2D eigenvalue weighted by Crippen LogP contribution is 2.38. The van der Waals surface area contributed by atoms with E-state index in [-0.39, 0.29) is 0 Å². The van der Waals surface area contributed by atoms with Gasteiger partial charge in [0.05, 0.1) is 0 Å². The number of halogens is 1. The number of hydrogen-bond donors (Lipinski definition) is 1. The molecule has 1 saturated carbocycles.